The van der Waals surface area contributed by atoms with Crippen molar-refractivity contribution in [2.75, 3.05) is 22.4 Å². The molecule has 0 aromatic heterocycles. The minimum atomic E-state index is -3.79. The number of nitrogens with zero attached hydrogens (tertiary/aromatic N) is 1. The standard InChI is InChI=1S/C17H17ClN2O5S/c1-11-13(18)7-5-9-15(11)20(26(2,24)25)10-16(21)19-14-8-4-3-6-12(14)17(22)23/h3-9H,10H2,1-2H3,(H,19,21)(H,22,23)/p-1. The Morgan fingerprint density at radius 1 is 1.15 bits per heavy atom. The molecule has 138 valence electrons. The van der Waals surface area contributed by atoms with E-state index < -0.39 is 28.4 Å². The van der Waals surface area contributed by atoms with Gasteiger partial charge >= 0.3 is 0 Å². The van der Waals surface area contributed by atoms with Crippen LogP contribution in [0.25, 0.3) is 0 Å². The normalized spacial score (nSPS) is 11.0. The summed E-state index contributed by atoms with van der Waals surface area (Å²) in [7, 11) is -3.79. The van der Waals surface area contributed by atoms with E-state index in [9.17, 15) is 23.1 Å². The Morgan fingerprint density at radius 3 is 2.42 bits per heavy atom. The van der Waals surface area contributed by atoms with Gasteiger partial charge in [0.2, 0.25) is 15.9 Å². The highest BCUT2D eigenvalue weighted by molar-refractivity contribution is 7.92. The predicted molar refractivity (Wildman–Crippen MR) is 97.8 cm³/mol. The van der Waals surface area contributed by atoms with E-state index in [0.29, 0.717) is 10.6 Å². The van der Waals surface area contributed by atoms with Gasteiger partial charge in [-0.2, -0.15) is 0 Å². The van der Waals surface area contributed by atoms with Gasteiger partial charge in [-0.15, -0.1) is 0 Å². The molecule has 9 heteroatoms. The minimum Gasteiger partial charge on any atom is -0.545 e. The Bertz CT molecular complexity index is 959. The Hall–Kier alpha value is -2.58. The number of para-hydroxylation sites is 1. The highest BCUT2D eigenvalue weighted by atomic mass is 35.5. The number of halogens is 1. The highest BCUT2D eigenvalue weighted by Gasteiger charge is 2.23. The van der Waals surface area contributed by atoms with Crippen molar-refractivity contribution in [3.63, 3.8) is 0 Å². The molecule has 1 N–H and O–H groups in total. The number of anilines is 2. The van der Waals surface area contributed by atoms with Crippen molar-refractivity contribution in [1.82, 2.24) is 0 Å². The molecule has 2 aromatic rings. The molecule has 0 unspecified atom stereocenters. The van der Waals surface area contributed by atoms with Gasteiger partial charge < -0.3 is 15.2 Å². The lowest BCUT2D eigenvalue weighted by Crippen LogP contribution is -2.38. The Labute approximate surface area is 156 Å². The lowest BCUT2D eigenvalue weighted by Gasteiger charge is -2.24. The molecular weight excluding hydrogens is 380 g/mol. The summed E-state index contributed by atoms with van der Waals surface area (Å²) in [6.07, 6.45) is 0.968. The SMILES string of the molecule is Cc1c(Cl)cccc1N(CC(=O)Nc1ccccc1C(=O)[O-])S(C)(=O)=O. The average molecular weight is 396 g/mol. The molecule has 0 aliphatic carbocycles. The number of sulfonamides is 1. The molecule has 0 heterocycles. The molecule has 0 saturated heterocycles. The van der Waals surface area contributed by atoms with Gasteiger partial charge in [-0.3, -0.25) is 9.10 Å². The van der Waals surface area contributed by atoms with Crippen LogP contribution in [0.4, 0.5) is 11.4 Å². The molecule has 0 fully saturated rings. The number of amides is 1. The van der Waals surface area contributed by atoms with Crippen LogP contribution in [0, 0.1) is 6.92 Å². The first-order valence-corrected chi connectivity index (χ1v) is 9.67. The molecular formula is C17H16ClN2O5S-. The number of carbonyl (C=O) groups is 2. The fourth-order valence-electron chi connectivity index (χ4n) is 2.34. The van der Waals surface area contributed by atoms with Crippen LogP contribution in [-0.4, -0.2) is 33.1 Å². The predicted octanol–water partition coefficient (Wildman–Crippen LogP) is 1.42. The van der Waals surface area contributed by atoms with Crippen LogP contribution >= 0.6 is 11.6 Å². The van der Waals surface area contributed by atoms with E-state index in [1.165, 1.54) is 30.3 Å². The molecule has 26 heavy (non-hydrogen) atoms. The van der Waals surface area contributed by atoms with Crippen molar-refractivity contribution in [3.05, 3.63) is 58.6 Å². The molecule has 0 aliphatic rings. The molecule has 0 bridgehead atoms. The van der Waals surface area contributed by atoms with Crippen molar-refractivity contribution in [2.24, 2.45) is 0 Å². The maximum absolute atomic E-state index is 12.4. The summed E-state index contributed by atoms with van der Waals surface area (Å²) in [5.74, 6) is -2.16. The van der Waals surface area contributed by atoms with E-state index >= 15 is 0 Å². The zero-order valence-electron chi connectivity index (χ0n) is 14.0. The fourth-order valence-corrected chi connectivity index (χ4v) is 3.41. The van der Waals surface area contributed by atoms with Crippen LogP contribution in [0.5, 0.6) is 0 Å². The Morgan fingerprint density at radius 2 is 1.81 bits per heavy atom. The monoisotopic (exact) mass is 395 g/mol. The molecule has 2 rings (SSSR count). The highest BCUT2D eigenvalue weighted by Crippen LogP contribution is 2.28. The summed E-state index contributed by atoms with van der Waals surface area (Å²) in [6.45, 7) is 1.10. The van der Waals surface area contributed by atoms with Crippen LogP contribution in [0.15, 0.2) is 42.5 Å². The third kappa shape index (κ3) is 4.53. The summed E-state index contributed by atoms with van der Waals surface area (Å²) >= 11 is 6.04. The zero-order chi connectivity index (χ0) is 19.5. The smallest absolute Gasteiger partial charge is 0.245 e. The van der Waals surface area contributed by atoms with Gasteiger partial charge in [0.15, 0.2) is 0 Å². The van der Waals surface area contributed by atoms with Gasteiger partial charge in [0.1, 0.15) is 6.54 Å². The van der Waals surface area contributed by atoms with Crippen molar-refractivity contribution < 1.29 is 23.1 Å². The third-order valence-electron chi connectivity index (χ3n) is 3.62. The molecule has 2 aromatic carbocycles. The van der Waals surface area contributed by atoms with Crippen LogP contribution < -0.4 is 14.7 Å². The van der Waals surface area contributed by atoms with Gasteiger partial charge in [-0.25, -0.2) is 8.42 Å². The summed E-state index contributed by atoms with van der Waals surface area (Å²) in [4.78, 5) is 23.5. The van der Waals surface area contributed by atoms with Crippen molar-refractivity contribution in [2.45, 2.75) is 6.92 Å². The summed E-state index contributed by atoms with van der Waals surface area (Å²) < 4.78 is 25.2. The van der Waals surface area contributed by atoms with E-state index in [-0.39, 0.29) is 16.9 Å². The second kappa shape index (κ2) is 7.76. The number of benzene rings is 2. The second-order valence-electron chi connectivity index (χ2n) is 5.53. The molecule has 0 aliphatic heterocycles. The van der Waals surface area contributed by atoms with E-state index in [4.69, 9.17) is 11.6 Å². The lowest BCUT2D eigenvalue weighted by atomic mass is 10.2. The largest absolute Gasteiger partial charge is 0.545 e. The minimum absolute atomic E-state index is 0.0220. The number of carboxylic acid groups (broad SMARTS) is 1. The fraction of sp³-hybridized carbons (Fsp3) is 0.176. The first-order chi connectivity index (χ1) is 12.1. The number of aromatic carboxylic acids is 1. The zero-order valence-corrected chi connectivity index (χ0v) is 15.6. The van der Waals surface area contributed by atoms with Crippen molar-refractivity contribution >= 4 is 44.9 Å². The summed E-state index contributed by atoms with van der Waals surface area (Å²) in [5.41, 5.74) is 0.588. The topological polar surface area (TPSA) is 107 Å². The van der Waals surface area contributed by atoms with E-state index in [0.717, 1.165) is 10.6 Å². The van der Waals surface area contributed by atoms with Crippen molar-refractivity contribution in [1.29, 1.82) is 0 Å². The molecule has 0 atom stereocenters. The number of nitrogens with one attached hydrogen (secondary N) is 1. The van der Waals surface area contributed by atoms with Crippen LogP contribution in [-0.2, 0) is 14.8 Å². The Balaban J connectivity index is 2.32. The maximum Gasteiger partial charge on any atom is 0.245 e. The van der Waals surface area contributed by atoms with Gasteiger partial charge in [0, 0.05) is 16.3 Å². The van der Waals surface area contributed by atoms with Crippen LogP contribution in [0.3, 0.4) is 0 Å². The first-order valence-electron chi connectivity index (χ1n) is 7.44. The maximum atomic E-state index is 12.4. The molecule has 1 amide bonds. The number of hydrogen-bond acceptors (Lipinski definition) is 5. The Kier molecular flexibility index (Phi) is 5.89. The third-order valence-corrected chi connectivity index (χ3v) is 5.15. The van der Waals surface area contributed by atoms with E-state index in [1.54, 1.807) is 19.1 Å². The lowest BCUT2D eigenvalue weighted by molar-refractivity contribution is -0.254. The summed E-state index contributed by atoms with van der Waals surface area (Å²) in [6, 6.07) is 10.4. The number of hydrogen-bond donors (Lipinski definition) is 1. The molecule has 7 nitrogen and oxygen atoms in total. The van der Waals surface area contributed by atoms with Gasteiger partial charge in [0.05, 0.1) is 17.9 Å². The molecule has 0 radical (unpaired) electrons. The van der Waals surface area contributed by atoms with E-state index in [2.05, 4.69) is 5.32 Å². The van der Waals surface area contributed by atoms with Gasteiger partial charge in [-0.05, 0) is 30.7 Å². The first kappa shape index (κ1) is 19.7. The van der Waals surface area contributed by atoms with Gasteiger partial charge in [-0.1, -0.05) is 35.9 Å². The number of carbonyl (C=O) groups excluding carboxylic acids is 2. The summed E-state index contributed by atoms with van der Waals surface area (Å²) in [5, 5.41) is 13.9. The van der Waals surface area contributed by atoms with Crippen molar-refractivity contribution in [3.8, 4) is 0 Å². The molecule has 0 saturated carbocycles. The van der Waals surface area contributed by atoms with Gasteiger partial charge in [0.25, 0.3) is 0 Å². The quantitative estimate of drug-likeness (QED) is 0.795. The number of carboxylic acids is 1. The van der Waals surface area contributed by atoms with Crippen LogP contribution in [0.2, 0.25) is 5.02 Å². The second-order valence-corrected chi connectivity index (χ2v) is 7.85. The number of rotatable bonds is 6. The van der Waals surface area contributed by atoms with Crippen LogP contribution in [0.1, 0.15) is 15.9 Å². The van der Waals surface area contributed by atoms with E-state index in [1.807, 2.05) is 0 Å². The average Bonchev–Trinajstić information content (AvgIpc) is 2.55. The molecule has 0 spiro atoms.